The lowest BCUT2D eigenvalue weighted by Gasteiger charge is -2.20. The fourth-order valence-corrected chi connectivity index (χ4v) is 1.93. The van der Waals surface area contributed by atoms with Crippen molar-refractivity contribution in [3.05, 3.63) is 39.4 Å². The first-order valence-electron chi connectivity index (χ1n) is 6.13. The normalized spacial score (nSPS) is 10.1. The Morgan fingerprint density at radius 3 is 2.55 bits per heavy atom. The van der Waals surface area contributed by atoms with E-state index >= 15 is 0 Å². The number of hydrogen-bond acceptors (Lipinski definition) is 4. The highest BCUT2D eigenvalue weighted by Crippen LogP contribution is 2.23. The summed E-state index contributed by atoms with van der Waals surface area (Å²) in [5, 5.41) is 19.8. The van der Waals surface area contributed by atoms with E-state index in [2.05, 4.69) is 0 Å². The fourth-order valence-electron chi connectivity index (χ4n) is 1.93. The molecule has 1 N–H and O–H groups in total. The van der Waals surface area contributed by atoms with Gasteiger partial charge in [0.05, 0.1) is 4.92 Å². The fraction of sp³-hybridized carbons (Fsp3) is 0.385. The number of nitrogens with zero attached hydrogens (tertiary/aromatic N) is 2. The molecule has 20 heavy (non-hydrogen) atoms. The van der Waals surface area contributed by atoms with E-state index in [1.165, 1.54) is 12.1 Å². The van der Waals surface area contributed by atoms with Gasteiger partial charge in [0.2, 0.25) is 0 Å². The van der Waals surface area contributed by atoms with E-state index in [0.29, 0.717) is 12.0 Å². The second-order valence-electron chi connectivity index (χ2n) is 4.35. The van der Waals surface area contributed by atoms with Gasteiger partial charge in [-0.25, -0.2) is 0 Å². The molecule has 0 bridgehead atoms. The van der Waals surface area contributed by atoms with Crippen molar-refractivity contribution in [3.8, 4) is 0 Å². The number of carboxylic acids is 1. The number of amides is 1. The summed E-state index contributed by atoms with van der Waals surface area (Å²) in [6.45, 7) is 3.15. The molecule has 1 amide bonds. The van der Waals surface area contributed by atoms with Gasteiger partial charge in [0.15, 0.2) is 0 Å². The number of aryl methyl sites for hydroxylation is 1. The molecule has 7 heteroatoms. The Balaban J connectivity index is 3.23. The Hall–Kier alpha value is -2.44. The van der Waals surface area contributed by atoms with Crippen LogP contribution in [0.3, 0.4) is 0 Å². The SMILES string of the molecule is CCCN(CC(=O)O)C(=O)c1c(C)cccc1[N+](=O)[O-]. The number of hydrogen-bond donors (Lipinski definition) is 1. The lowest BCUT2D eigenvalue weighted by molar-refractivity contribution is -0.385. The zero-order valence-corrected chi connectivity index (χ0v) is 11.3. The topological polar surface area (TPSA) is 101 Å². The maximum absolute atomic E-state index is 12.4. The van der Waals surface area contributed by atoms with E-state index in [4.69, 9.17) is 5.11 Å². The summed E-state index contributed by atoms with van der Waals surface area (Å²) < 4.78 is 0. The van der Waals surface area contributed by atoms with Crippen LogP contribution in [0.2, 0.25) is 0 Å². The lowest BCUT2D eigenvalue weighted by Crippen LogP contribution is -2.37. The molecule has 108 valence electrons. The molecule has 0 aliphatic heterocycles. The Morgan fingerprint density at radius 2 is 2.05 bits per heavy atom. The van der Waals surface area contributed by atoms with Crippen LogP contribution < -0.4 is 0 Å². The minimum atomic E-state index is -1.15. The number of benzene rings is 1. The largest absolute Gasteiger partial charge is 0.480 e. The van der Waals surface area contributed by atoms with Crippen LogP contribution in [0, 0.1) is 17.0 Å². The molecular weight excluding hydrogens is 264 g/mol. The first kappa shape index (κ1) is 15.6. The quantitative estimate of drug-likeness (QED) is 0.633. The molecule has 7 nitrogen and oxygen atoms in total. The van der Waals surface area contributed by atoms with Crippen molar-refractivity contribution >= 4 is 17.6 Å². The highest BCUT2D eigenvalue weighted by molar-refractivity contribution is 6.00. The van der Waals surface area contributed by atoms with Crippen molar-refractivity contribution in [2.75, 3.05) is 13.1 Å². The molecule has 0 saturated carbocycles. The van der Waals surface area contributed by atoms with E-state index in [1.807, 2.05) is 0 Å². The molecule has 0 aromatic heterocycles. The maximum atomic E-state index is 12.4. The van der Waals surface area contributed by atoms with Gasteiger partial charge in [-0.1, -0.05) is 19.1 Å². The first-order chi connectivity index (χ1) is 9.38. The van der Waals surface area contributed by atoms with Gasteiger partial charge in [0, 0.05) is 12.6 Å². The molecule has 0 heterocycles. The highest BCUT2D eigenvalue weighted by atomic mass is 16.6. The molecule has 0 saturated heterocycles. The maximum Gasteiger partial charge on any atom is 0.323 e. The molecule has 0 aliphatic carbocycles. The monoisotopic (exact) mass is 280 g/mol. The van der Waals surface area contributed by atoms with Gasteiger partial charge >= 0.3 is 5.97 Å². The summed E-state index contributed by atoms with van der Waals surface area (Å²) in [6, 6.07) is 4.32. The Labute approximate surface area is 116 Å². The van der Waals surface area contributed by atoms with Crippen molar-refractivity contribution in [2.45, 2.75) is 20.3 Å². The summed E-state index contributed by atoms with van der Waals surface area (Å²) >= 11 is 0. The van der Waals surface area contributed by atoms with Gasteiger partial charge in [0.1, 0.15) is 12.1 Å². The third-order valence-corrected chi connectivity index (χ3v) is 2.77. The summed E-state index contributed by atoms with van der Waals surface area (Å²) in [6.07, 6.45) is 0.568. The van der Waals surface area contributed by atoms with E-state index in [1.54, 1.807) is 19.9 Å². The second kappa shape index (κ2) is 6.65. The molecule has 1 rings (SSSR count). The number of aliphatic carboxylic acids is 1. The van der Waals surface area contributed by atoms with Gasteiger partial charge in [-0.3, -0.25) is 19.7 Å². The van der Waals surface area contributed by atoms with E-state index in [0.717, 1.165) is 4.90 Å². The molecule has 1 aromatic carbocycles. The molecule has 0 atom stereocenters. The van der Waals surface area contributed by atoms with Crippen molar-refractivity contribution in [3.63, 3.8) is 0 Å². The van der Waals surface area contributed by atoms with Gasteiger partial charge in [-0.05, 0) is 18.9 Å². The van der Waals surface area contributed by atoms with Gasteiger partial charge in [-0.15, -0.1) is 0 Å². The molecular formula is C13H16N2O5. The molecule has 0 fully saturated rings. The zero-order chi connectivity index (χ0) is 15.3. The van der Waals surface area contributed by atoms with Crippen molar-refractivity contribution < 1.29 is 19.6 Å². The average molecular weight is 280 g/mol. The van der Waals surface area contributed by atoms with Crippen LogP contribution in [-0.2, 0) is 4.79 Å². The first-order valence-corrected chi connectivity index (χ1v) is 6.13. The predicted octanol–water partition coefficient (Wildman–Crippen LogP) is 1.84. The number of carbonyl (C=O) groups excluding carboxylic acids is 1. The summed E-state index contributed by atoms with van der Waals surface area (Å²) in [5.74, 6) is -1.78. The van der Waals surface area contributed by atoms with Crippen LogP contribution in [0.5, 0.6) is 0 Å². The molecule has 0 aliphatic rings. The molecule has 0 unspecified atom stereocenters. The zero-order valence-electron chi connectivity index (χ0n) is 11.3. The van der Waals surface area contributed by atoms with E-state index in [-0.39, 0.29) is 17.8 Å². The number of nitro groups is 1. The second-order valence-corrected chi connectivity index (χ2v) is 4.35. The van der Waals surface area contributed by atoms with Crippen molar-refractivity contribution in [1.82, 2.24) is 4.90 Å². The number of carbonyl (C=O) groups is 2. The number of rotatable bonds is 6. The van der Waals surface area contributed by atoms with E-state index in [9.17, 15) is 19.7 Å². The number of nitro benzene ring substituents is 1. The Kier molecular flexibility index (Phi) is 5.19. The number of carboxylic acid groups (broad SMARTS) is 1. The summed E-state index contributed by atoms with van der Waals surface area (Å²) in [7, 11) is 0. The average Bonchev–Trinajstić information content (AvgIpc) is 2.36. The van der Waals surface area contributed by atoms with Crippen molar-refractivity contribution in [2.24, 2.45) is 0 Å². The van der Waals surface area contributed by atoms with Gasteiger partial charge < -0.3 is 10.0 Å². The van der Waals surface area contributed by atoms with Gasteiger partial charge in [0.25, 0.3) is 11.6 Å². The van der Waals surface area contributed by atoms with Crippen molar-refractivity contribution in [1.29, 1.82) is 0 Å². The summed E-state index contributed by atoms with van der Waals surface area (Å²) in [4.78, 5) is 34.6. The van der Waals surface area contributed by atoms with Crippen LogP contribution in [0.25, 0.3) is 0 Å². The van der Waals surface area contributed by atoms with Crippen LogP contribution in [0.1, 0.15) is 29.3 Å². The van der Waals surface area contributed by atoms with Crippen LogP contribution in [0.15, 0.2) is 18.2 Å². The minimum Gasteiger partial charge on any atom is -0.480 e. The Morgan fingerprint density at radius 1 is 1.40 bits per heavy atom. The van der Waals surface area contributed by atoms with Crippen LogP contribution in [-0.4, -0.2) is 39.9 Å². The predicted molar refractivity (Wildman–Crippen MR) is 71.7 cm³/mol. The van der Waals surface area contributed by atoms with E-state index < -0.39 is 23.3 Å². The highest BCUT2D eigenvalue weighted by Gasteiger charge is 2.27. The third kappa shape index (κ3) is 3.53. The Bertz CT molecular complexity index is 542. The molecule has 0 radical (unpaired) electrons. The van der Waals surface area contributed by atoms with Crippen LogP contribution in [0.4, 0.5) is 5.69 Å². The molecule has 1 aromatic rings. The smallest absolute Gasteiger partial charge is 0.323 e. The summed E-state index contributed by atoms with van der Waals surface area (Å²) in [5.41, 5.74) is 0.101. The van der Waals surface area contributed by atoms with Crippen LogP contribution >= 0.6 is 0 Å². The third-order valence-electron chi connectivity index (χ3n) is 2.77. The lowest BCUT2D eigenvalue weighted by atomic mass is 10.1. The molecule has 0 spiro atoms. The standard InChI is InChI=1S/C13H16N2O5/c1-3-7-14(8-11(16)17)13(18)12-9(2)5-4-6-10(12)15(19)20/h4-6H,3,7-8H2,1-2H3,(H,16,17). The minimum absolute atomic E-state index is 0.0489. The van der Waals surface area contributed by atoms with Gasteiger partial charge in [-0.2, -0.15) is 0 Å².